The summed E-state index contributed by atoms with van der Waals surface area (Å²) >= 11 is 0. The van der Waals surface area contributed by atoms with Crippen LogP contribution >= 0.6 is 0 Å². The number of benzene rings is 1. The highest BCUT2D eigenvalue weighted by atomic mass is 32.2. The van der Waals surface area contributed by atoms with Crippen molar-refractivity contribution in [3.63, 3.8) is 0 Å². The van der Waals surface area contributed by atoms with E-state index in [0.717, 1.165) is 31.5 Å². The van der Waals surface area contributed by atoms with E-state index >= 15 is 0 Å². The third-order valence-electron chi connectivity index (χ3n) is 3.15. The molecule has 6 heteroatoms. The maximum absolute atomic E-state index is 12.0. The second-order valence-corrected chi connectivity index (χ2v) is 6.62. The van der Waals surface area contributed by atoms with Crippen LogP contribution in [-0.4, -0.2) is 28.6 Å². The molecule has 0 unspecified atom stereocenters. The van der Waals surface area contributed by atoms with E-state index in [-0.39, 0.29) is 4.90 Å². The lowest BCUT2D eigenvalue weighted by Crippen LogP contribution is -2.24. The Balaban J connectivity index is 2.97. The Hall–Kier alpha value is -1.27. The Labute approximate surface area is 122 Å². The number of hydrogen-bond acceptors (Lipinski definition) is 4. The third kappa shape index (κ3) is 4.38. The van der Waals surface area contributed by atoms with E-state index in [1.54, 1.807) is 19.1 Å². The minimum atomic E-state index is -3.44. The largest absolute Gasteiger partial charge is 0.397 e. The van der Waals surface area contributed by atoms with Gasteiger partial charge in [-0.05, 0) is 24.6 Å². The van der Waals surface area contributed by atoms with Crippen LogP contribution in [0.5, 0.6) is 0 Å². The van der Waals surface area contributed by atoms with E-state index in [4.69, 9.17) is 5.73 Å². The van der Waals surface area contributed by atoms with Crippen molar-refractivity contribution in [1.82, 2.24) is 4.72 Å². The van der Waals surface area contributed by atoms with Crippen molar-refractivity contribution in [2.45, 2.75) is 38.0 Å². The Bertz CT molecular complexity index is 529. The summed E-state index contributed by atoms with van der Waals surface area (Å²) in [5.74, 6) is 0. The molecule has 0 radical (unpaired) electrons. The zero-order chi connectivity index (χ0) is 15.2. The van der Waals surface area contributed by atoms with Gasteiger partial charge < -0.3 is 10.6 Å². The molecule has 0 aliphatic heterocycles. The molecule has 0 bridgehead atoms. The highest BCUT2D eigenvalue weighted by Crippen LogP contribution is 2.26. The molecule has 0 saturated carbocycles. The van der Waals surface area contributed by atoms with E-state index in [9.17, 15) is 8.42 Å². The predicted molar refractivity (Wildman–Crippen MR) is 84.5 cm³/mol. The second kappa shape index (κ2) is 7.50. The van der Waals surface area contributed by atoms with Crippen LogP contribution in [0.25, 0.3) is 0 Å². The first-order valence-corrected chi connectivity index (χ1v) is 8.51. The standard InChI is InChI=1S/C14H25N3O2S/c1-4-6-7-10-17(3)14-11-12(8-9-13(14)15)20(18,19)16-5-2/h8-9,11,16H,4-7,10,15H2,1-3H3. The highest BCUT2D eigenvalue weighted by Gasteiger charge is 2.15. The molecule has 1 aromatic carbocycles. The van der Waals surface area contributed by atoms with Crippen LogP contribution in [0.15, 0.2) is 23.1 Å². The average molecular weight is 299 g/mol. The minimum absolute atomic E-state index is 0.255. The first-order valence-electron chi connectivity index (χ1n) is 7.02. The van der Waals surface area contributed by atoms with Crippen LogP contribution in [0.4, 0.5) is 11.4 Å². The molecule has 0 aliphatic carbocycles. The van der Waals surface area contributed by atoms with Crippen molar-refractivity contribution >= 4 is 21.4 Å². The molecule has 0 aliphatic rings. The summed E-state index contributed by atoms with van der Waals surface area (Å²) < 4.78 is 26.5. The van der Waals surface area contributed by atoms with Gasteiger partial charge in [0.1, 0.15) is 0 Å². The maximum Gasteiger partial charge on any atom is 0.240 e. The lowest BCUT2D eigenvalue weighted by molar-refractivity contribution is 0.584. The van der Waals surface area contributed by atoms with Gasteiger partial charge in [-0.1, -0.05) is 26.7 Å². The topological polar surface area (TPSA) is 75.4 Å². The zero-order valence-electron chi connectivity index (χ0n) is 12.5. The molecule has 0 amide bonds. The quantitative estimate of drug-likeness (QED) is 0.570. The molecule has 1 aromatic rings. The van der Waals surface area contributed by atoms with Gasteiger partial charge in [-0.25, -0.2) is 13.1 Å². The molecule has 0 aromatic heterocycles. The van der Waals surface area contributed by atoms with E-state index in [1.807, 2.05) is 11.9 Å². The molecule has 3 N–H and O–H groups in total. The van der Waals surface area contributed by atoms with E-state index < -0.39 is 10.0 Å². The summed E-state index contributed by atoms with van der Waals surface area (Å²) in [6.45, 7) is 5.14. The Morgan fingerprint density at radius 2 is 1.95 bits per heavy atom. The van der Waals surface area contributed by atoms with Crippen molar-refractivity contribution in [3.8, 4) is 0 Å². The number of nitrogens with two attached hydrogens (primary N) is 1. The van der Waals surface area contributed by atoms with Gasteiger partial charge in [0.05, 0.1) is 16.3 Å². The number of unbranched alkanes of at least 4 members (excludes halogenated alkanes) is 2. The molecular formula is C14H25N3O2S. The van der Waals surface area contributed by atoms with Gasteiger partial charge in [-0.3, -0.25) is 0 Å². The first kappa shape index (κ1) is 16.8. The zero-order valence-corrected chi connectivity index (χ0v) is 13.3. The highest BCUT2D eigenvalue weighted by molar-refractivity contribution is 7.89. The third-order valence-corrected chi connectivity index (χ3v) is 4.70. The summed E-state index contributed by atoms with van der Waals surface area (Å²) in [6.07, 6.45) is 3.37. The normalized spacial score (nSPS) is 11.6. The first-order chi connectivity index (χ1) is 9.42. The summed E-state index contributed by atoms with van der Waals surface area (Å²) in [4.78, 5) is 2.27. The van der Waals surface area contributed by atoms with Crippen molar-refractivity contribution in [2.24, 2.45) is 0 Å². The van der Waals surface area contributed by atoms with Crippen LogP contribution in [0.1, 0.15) is 33.1 Å². The van der Waals surface area contributed by atoms with Gasteiger partial charge in [-0.15, -0.1) is 0 Å². The number of anilines is 2. The second-order valence-electron chi connectivity index (χ2n) is 4.85. The Kier molecular flexibility index (Phi) is 6.29. The number of nitrogens with one attached hydrogen (secondary N) is 1. The molecule has 114 valence electrons. The number of nitrogen functional groups attached to an aromatic ring is 1. The SMILES string of the molecule is CCCCCN(C)c1cc(S(=O)(=O)NCC)ccc1N. The molecule has 0 saturated heterocycles. The Morgan fingerprint density at radius 1 is 1.25 bits per heavy atom. The van der Waals surface area contributed by atoms with Crippen molar-refractivity contribution < 1.29 is 8.42 Å². The van der Waals surface area contributed by atoms with Crippen LogP contribution in [0, 0.1) is 0 Å². The van der Waals surface area contributed by atoms with Crippen molar-refractivity contribution in [3.05, 3.63) is 18.2 Å². The van der Waals surface area contributed by atoms with Gasteiger partial charge in [0.15, 0.2) is 0 Å². The fraction of sp³-hybridized carbons (Fsp3) is 0.571. The monoisotopic (exact) mass is 299 g/mol. The molecule has 0 heterocycles. The lowest BCUT2D eigenvalue weighted by Gasteiger charge is -2.21. The van der Waals surface area contributed by atoms with Gasteiger partial charge >= 0.3 is 0 Å². The van der Waals surface area contributed by atoms with Crippen molar-refractivity contribution in [1.29, 1.82) is 0 Å². The van der Waals surface area contributed by atoms with Crippen LogP contribution in [0.3, 0.4) is 0 Å². The van der Waals surface area contributed by atoms with Crippen molar-refractivity contribution in [2.75, 3.05) is 30.8 Å². The van der Waals surface area contributed by atoms with Crippen LogP contribution in [0.2, 0.25) is 0 Å². The fourth-order valence-electron chi connectivity index (χ4n) is 2.01. The number of sulfonamides is 1. The lowest BCUT2D eigenvalue weighted by atomic mass is 10.2. The number of nitrogens with zero attached hydrogens (tertiary/aromatic N) is 1. The molecule has 20 heavy (non-hydrogen) atoms. The Morgan fingerprint density at radius 3 is 2.55 bits per heavy atom. The van der Waals surface area contributed by atoms with E-state index in [2.05, 4.69) is 11.6 Å². The number of rotatable bonds is 8. The van der Waals surface area contributed by atoms with E-state index in [0.29, 0.717) is 12.2 Å². The molecule has 1 rings (SSSR count). The molecular weight excluding hydrogens is 274 g/mol. The summed E-state index contributed by atoms with van der Waals surface area (Å²) in [7, 11) is -1.50. The van der Waals surface area contributed by atoms with Gasteiger partial charge in [0.25, 0.3) is 0 Å². The maximum atomic E-state index is 12.0. The summed E-state index contributed by atoms with van der Waals surface area (Å²) in [6, 6.07) is 4.83. The molecule has 0 atom stereocenters. The number of hydrogen-bond donors (Lipinski definition) is 2. The summed E-state index contributed by atoms with van der Waals surface area (Å²) in [5.41, 5.74) is 7.32. The predicted octanol–water partition coefficient (Wildman–Crippen LogP) is 2.19. The van der Waals surface area contributed by atoms with Crippen LogP contribution in [-0.2, 0) is 10.0 Å². The average Bonchev–Trinajstić information content (AvgIpc) is 2.39. The molecule has 0 fully saturated rings. The van der Waals surface area contributed by atoms with Gasteiger partial charge in [0.2, 0.25) is 10.0 Å². The van der Waals surface area contributed by atoms with Gasteiger partial charge in [0, 0.05) is 20.1 Å². The molecule has 0 spiro atoms. The minimum Gasteiger partial charge on any atom is -0.397 e. The molecule has 5 nitrogen and oxygen atoms in total. The van der Waals surface area contributed by atoms with Crippen LogP contribution < -0.4 is 15.4 Å². The fourth-order valence-corrected chi connectivity index (χ4v) is 3.07. The van der Waals surface area contributed by atoms with E-state index in [1.165, 1.54) is 6.07 Å². The smallest absolute Gasteiger partial charge is 0.240 e. The summed E-state index contributed by atoms with van der Waals surface area (Å²) in [5, 5.41) is 0. The van der Waals surface area contributed by atoms with Gasteiger partial charge in [-0.2, -0.15) is 0 Å².